The molecule has 64 heavy (non-hydrogen) atoms. The summed E-state index contributed by atoms with van der Waals surface area (Å²) in [5.74, 6) is 0.738. The van der Waals surface area contributed by atoms with Gasteiger partial charge in [-0.05, 0) is 126 Å². The molecule has 0 saturated carbocycles. The summed E-state index contributed by atoms with van der Waals surface area (Å²) in [5, 5.41) is 2.37. The summed E-state index contributed by atoms with van der Waals surface area (Å²) in [5.41, 5.74) is 23.4. The van der Waals surface area contributed by atoms with Gasteiger partial charge in [-0.1, -0.05) is 188 Å². The number of anilines is 3. The fourth-order valence-electron chi connectivity index (χ4n) is 11.1. The van der Waals surface area contributed by atoms with E-state index < -0.39 is 0 Å². The first kappa shape index (κ1) is 42.1. The zero-order chi connectivity index (χ0) is 45.4. The van der Waals surface area contributed by atoms with Crippen molar-refractivity contribution in [2.24, 2.45) is 0 Å². The highest BCUT2D eigenvalue weighted by Gasteiger charge is 2.40. The fourth-order valence-corrected chi connectivity index (χ4v) is 11.1. The van der Waals surface area contributed by atoms with Gasteiger partial charge in [0.05, 0.1) is 5.69 Å². The maximum atomic E-state index is 7.18. The van der Waals surface area contributed by atoms with E-state index in [1.165, 1.54) is 72.1 Å². The Morgan fingerprint density at radius 3 is 1.73 bits per heavy atom. The molecule has 0 aliphatic heterocycles. The molecule has 8 aromatic rings. The third kappa shape index (κ3) is 6.34. The first-order chi connectivity index (χ1) is 30.2. The van der Waals surface area contributed by atoms with Crippen LogP contribution in [0, 0.1) is 0 Å². The third-order valence-corrected chi connectivity index (χ3v) is 14.9. The smallest absolute Gasteiger partial charge is 0.143 e. The average Bonchev–Trinajstić information content (AvgIpc) is 3.82. The van der Waals surface area contributed by atoms with Crippen LogP contribution >= 0.6 is 0 Å². The van der Waals surface area contributed by atoms with Gasteiger partial charge < -0.3 is 9.32 Å². The highest BCUT2D eigenvalue weighted by atomic mass is 16.3. The van der Waals surface area contributed by atoms with Crippen LogP contribution in [0.5, 0.6) is 0 Å². The van der Waals surface area contributed by atoms with Crippen LogP contribution in [0.4, 0.5) is 17.1 Å². The predicted molar refractivity (Wildman–Crippen MR) is 275 cm³/mol. The predicted octanol–water partition coefficient (Wildman–Crippen LogP) is 18.2. The highest BCUT2D eigenvalue weighted by molar-refractivity contribution is 6.12. The molecule has 324 valence electrons. The van der Waals surface area contributed by atoms with Crippen LogP contribution in [0.2, 0.25) is 0 Å². The van der Waals surface area contributed by atoms with E-state index in [4.69, 9.17) is 4.42 Å². The van der Waals surface area contributed by atoms with Crippen LogP contribution in [-0.4, -0.2) is 0 Å². The second kappa shape index (κ2) is 14.3. The number of fused-ring (bicyclic) bond motifs is 9. The molecule has 2 aliphatic rings. The van der Waals surface area contributed by atoms with Crippen LogP contribution in [0.15, 0.2) is 132 Å². The molecule has 0 amide bonds. The molecule has 0 N–H and O–H groups in total. The van der Waals surface area contributed by atoms with Gasteiger partial charge in [0, 0.05) is 44.1 Å². The van der Waals surface area contributed by atoms with Gasteiger partial charge in [0.2, 0.25) is 0 Å². The number of hydrogen-bond acceptors (Lipinski definition) is 2. The second-order valence-electron chi connectivity index (χ2n) is 22.6. The lowest BCUT2D eigenvalue weighted by Gasteiger charge is -2.32. The molecule has 0 atom stereocenters. The Balaban J connectivity index is 1.27. The zero-order valence-electron chi connectivity index (χ0n) is 40.6. The summed E-state index contributed by atoms with van der Waals surface area (Å²) in [4.78, 5) is 2.56. The number of para-hydroxylation sites is 1. The fraction of sp³-hybridized carbons (Fsp3) is 0.323. The number of rotatable bonds is 6. The van der Waals surface area contributed by atoms with Crippen LogP contribution in [-0.2, 0) is 21.7 Å². The molecule has 2 aliphatic carbocycles. The van der Waals surface area contributed by atoms with Crippen LogP contribution < -0.4 is 4.90 Å². The lowest BCUT2D eigenvalue weighted by molar-refractivity contribution is 0.589. The summed E-state index contributed by atoms with van der Waals surface area (Å²) in [6, 6.07) is 49.1. The minimum Gasteiger partial charge on any atom is -0.455 e. The summed E-state index contributed by atoms with van der Waals surface area (Å²) in [7, 11) is 0. The van der Waals surface area contributed by atoms with Crippen molar-refractivity contribution in [2.75, 3.05) is 4.90 Å². The highest BCUT2D eigenvalue weighted by Crippen LogP contribution is 2.56. The van der Waals surface area contributed by atoms with Gasteiger partial charge in [-0.2, -0.15) is 0 Å². The Kier molecular flexibility index (Phi) is 9.42. The monoisotopic (exact) mass is 840 g/mol. The van der Waals surface area contributed by atoms with Gasteiger partial charge >= 0.3 is 0 Å². The Bertz CT molecular complexity index is 3190. The maximum Gasteiger partial charge on any atom is 0.143 e. The van der Waals surface area contributed by atoms with E-state index >= 15 is 0 Å². The molecule has 0 bridgehead atoms. The average molecular weight is 840 g/mol. The topological polar surface area (TPSA) is 16.4 Å². The summed E-state index contributed by atoms with van der Waals surface area (Å²) in [6.07, 6.45) is 0. The largest absolute Gasteiger partial charge is 0.455 e. The Morgan fingerprint density at radius 1 is 0.469 bits per heavy atom. The van der Waals surface area contributed by atoms with Crippen molar-refractivity contribution in [1.29, 1.82) is 0 Å². The first-order valence-electron chi connectivity index (χ1n) is 23.7. The number of benzene rings is 7. The van der Waals surface area contributed by atoms with Gasteiger partial charge in [0.15, 0.2) is 0 Å². The molecular weight excluding hydrogens is 775 g/mol. The molecule has 7 aromatic carbocycles. The maximum absolute atomic E-state index is 7.18. The van der Waals surface area contributed by atoms with E-state index in [1.807, 2.05) is 0 Å². The molecule has 1 aromatic heterocycles. The van der Waals surface area contributed by atoms with Crippen molar-refractivity contribution in [1.82, 2.24) is 0 Å². The molecule has 2 heteroatoms. The van der Waals surface area contributed by atoms with Crippen molar-refractivity contribution in [3.05, 3.63) is 172 Å². The van der Waals surface area contributed by atoms with Crippen molar-refractivity contribution < 1.29 is 4.42 Å². The molecular formula is C62H65NO. The molecule has 1 heterocycles. The molecule has 0 fully saturated rings. The lowest BCUT2D eigenvalue weighted by atomic mass is 9.79. The number of furan rings is 1. The van der Waals surface area contributed by atoms with Crippen LogP contribution in [0.3, 0.4) is 0 Å². The van der Waals surface area contributed by atoms with Gasteiger partial charge in [0.1, 0.15) is 11.2 Å². The minimum atomic E-state index is -0.186. The van der Waals surface area contributed by atoms with Gasteiger partial charge in [0.25, 0.3) is 0 Å². The van der Waals surface area contributed by atoms with Gasteiger partial charge in [-0.3, -0.25) is 0 Å². The second-order valence-corrected chi connectivity index (χ2v) is 22.6. The molecule has 0 unspecified atom stereocenters. The SMILES string of the molecule is CC(C)c1cc(C(C)C)c2oc3c(-c4ccc(C(C)(C)C)cc4N(c4ccc5c(c4)C(C)(C)c4ccccc4-5)c4ccc5c(c4)C(C)(C)c4cccc(C(C)(C)C)c4-5)cccc3c2c1. The molecule has 0 saturated heterocycles. The Hall–Kier alpha value is -5.86. The standard InChI is InChI=1S/C62H65NO/c1-36(2)38-31-48(37(3)4)58-49(32-38)46-21-17-20-45(57(46)64-58)44-28-25-39(59(5,6)7)33-55(44)63(40-26-29-43-42-19-15-16-22-50(42)61(11,12)53(43)34-40)41-27-30-47-54(35-41)62(13,14)52-24-18-23-51(56(47)52)60(8,9)10/h15-37H,1-14H3. The van der Waals surface area contributed by atoms with Crippen molar-refractivity contribution in [3.8, 4) is 33.4 Å². The summed E-state index contributed by atoms with van der Waals surface area (Å²) >= 11 is 0. The number of nitrogens with zero attached hydrogens (tertiary/aromatic N) is 1. The van der Waals surface area contributed by atoms with Crippen molar-refractivity contribution in [3.63, 3.8) is 0 Å². The van der Waals surface area contributed by atoms with E-state index in [0.717, 1.165) is 44.7 Å². The lowest BCUT2D eigenvalue weighted by Crippen LogP contribution is -2.19. The minimum absolute atomic E-state index is 0.00873. The van der Waals surface area contributed by atoms with E-state index in [0.29, 0.717) is 11.8 Å². The molecule has 0 radical (unpaired) electrons. The normalized spacial score (nSPS) is 14.9. The van der Waals surface area contributed by atoms with Crippen LogP contribution in [0.25, 0.3) is 55.3 Å². The van der Waals surface area contributed by atoms with E-state index in [-0.39, 0.29) is 21.7 Å². The number of hydrogen-bond donors (Lipinski definition) is 0. The molecule has 0 spiro atoms. The van der Waals surface area contributed by atoms with Crippen molar-refractivity contribution >= 4 is 39.0 Å². The van der Waals surface area contributed by atoms with E-state index in [9.17, 15) is 0 Å². The Morgan fingerprint density at radius 2 is 1.06 bits per heavy atom. The quantitative estimate of drug-likeness (QED) is 0.166. The van der Waals surface area contributed by atoms with Gasteiger partial charge in [-0.25, -0.2) is 0 Å². The third-order valence-electron chi connectivity index (χ3n) is 14.9. The zero-order valence-corrected chi connectivity index (χ0v) is 40.6. The van der Waals surface area contributed by atoms with E-state index in [1.54, 1.807) is 0 Å². The molecule has 10 rings (SSSR count). The summed E-state index contributed by atoms with van der Waals surface area (Å²) < 4.78 is 7.18. The van der Waals surface area contributed by atoms with Gasteiger partial charge in [-0.15, -0.1) is 0 Å². The Labute approximate surface area is 382 Å². The summed E-state index contributed by atoms with van der Waals surface area (Å²) in [6.45, 7) is 32.8. The van der Waals surface area contributed by atoms with Crippen molar-refractivity contribution in [2.45, 2.75) is 130 Å². The molecule has 2 nitrogen and oxygen atoms in total. The van der Waals surface area contributed by atoms with Crippen LogP contribution in [0.1, 0.15) is 153 Å². The van der Waals surface area contributed by atoms with E-state index in [2.05, 4.69) is 229 Å². The first-order valence-corrected chi connectivity index (χ1v) is 23.7.